The van der Waals surface area contributed by atoms with Crippen molar-refractivity contribution in [3.63, 3.8) is 0 Å². The standard InChI is InChI=1S/C18H17ClN4O2/c19-13-8-12(9-20-15(13)11-22-7-3-6-17(22)24)10-23-16-5-2-1-4-14(16)21-18(23)25/h1-2,4-5,8-9H,3,6-7,10-11H2,(H,21,25). The van der Waals surface area contributed by atoms with Gasteiger partial charge in [0.05, 0.1) is 34.8 Å². The summed E-state index contributed by atoms with van der Waals surface area (Å²) in [4.78, 5) is 32.9. The summed E-state index contributed by atoms with van der Waals surface area (Å²) < 4.78 is 1.66. The van der Waals surface area contributed by atoms with Crippen molar-refractivity contribution in [2.24, 2.45) is 0 Å². The highest BCUT2D eigenvalue weighted by Crippen LogP contribution is 2.21. The van der Waals surface area contributed by atoms with Crippen LogP contribution in [0.3, 0.4) is 0 Å². The van der Waals surface area contributed by atoms with Crippen molar-refractivity contribution in [2.75, 3.05) is 6.54 Å². The molecule has 0 unspecified atom stereocenters. The number of para-hydroxylation sites is 2. The predicted molar refractivity (Wildman–Crippen MR) is 95.6 cm³/mol. The number of pyridine rings is 1. The first kappa shape index (κ1) is 15.9. The number of benzene rings is 1. The maximum Gasteiger partial charge on any atom is 0.326 e. The fourth-order valence-corrected chi connectivity index (χ4v) is 3.46. The van der Waals surface area contributed by atoms with E-state index in [1.807, 2.05) is 30.3 Å². The van der Waals surface area contributed by atoms with Crippen LogP contribution in [0.25, 0.3) is 11.0 Å². The number of imidazole rings is 1. The number of halogens is 1. The zero-order chi connectivity index (χ0) is 17.4. The maximum absolute atomic E-state index is 12.2. The van der Waals surface area contributed by atoms with Crippen LogP contribution in [0, 0.1) is 0 Å². The third kappa shape index (κ3) is 3.05. The zero-order valence-electron chi connectivity index (χ0n) is 13.5. The van der Waals surface area contributed by atoms with Crippen LogP contribution >= 0.6 is 11.6 Å². The number of H-pyrrole nitrogens is 1. The van der Waals surface area contributed by atoms with Crippen molar-refractivity contribution in [3.05, 3.63) is 63.3 Å². The number of hydrogen-bond donors (Lipinski definition) is 1. The minimum absolute atomic E-state index is 0.146. The van der Waals surface area contributed by atoms with E-state index >= 15 is 0 Å². The SMILES string of the molecule is O=C1CCCN1Cc1ncc(Cn2c(=O)[nH]c3ccccc32)cc1Cl. The number of hydrogen-bond acceptors (Lipinski definition) is 3. The highest BCUT2D eigenvalue weighted by atomic mass is 35.5. The topological polar surface area (TPSA) is 71.0 Å². The highest BCUT2D eigenvalue weighted by Gasteiger charge is 2.21. The van der Waals surface area contributed by atoms with Crippen molar-refractivity contribution < 1.29 is 4.79 Å². The van der Waals surface area contributed by atoms with Crippen molar-refractivity contribution in [2.45, 2.75) is 25.9 Å². The van der Waals surface area contributed by atoms with Gasteiger partial charge in [0.25, 0.3) is 0 Å². The van der Waals surface area contributed by atoms with Crippen LogP contribution in [0.2, 0.25) is 5.02 Å². The van der Waals surface area contributed by atoms with Crippen LogP contribution < -0.4 is 5.69 Å². The molecule has 1 aliphatic heterocycles. The lowest BCUT2D eigenvalue weighted by atomic mass is 10.2. The Morgan fingerprint density at radius 3 is 2.80 bits per heavy atom. The Labute approximate surface area is 149 Å². The third-order valence-electron chi connectivity index (χ3n) is 4.51. The van der Waals surface area contributed by atoms with Gasteiger partial charge in [-0.25, -0.2) is 4.79 Å². The average molecular weight is 357 g/mol. The van der Waals surface area contributed by atoms with Gasteiger partial charge in [0.15, 0.2) is 0 Å². The van der Waals surface area contributed by atoms with E-state index < -0.39 is 0 Å². The van der Waals surface area contributed by atoms with E-state index in [1.165, 1.54) is 0 Å². The average Bonchev–Trinajstić information content (AvgIpc) is 3.14. The van der Waals surface area contributed by atoms with Crippen molar-refractivity contribution in [1.82, 2.24) is 19.4 Å². The summed E-state index contributed by atoms with van der Waals surface area (Å²) in [7, 11) is 0. The quantitative estimate of drug-likeness (QED) is 0.781. The molecular formula is C18H17ClN4O2. The number of amides is 1. The van der Waals surface area contributed by atoms with Crippen LogP contribution in [-0.4, -0.2) is 31.9 Å². The minimum Gasteiger partial charge on any atom is -0.337 e. The lowest BCUT2D eigenvalue weighted by Crippen LogP contribution is -2.24. The molecule has 1 aliphatic rings. The fraction of sp³-hybridized carbons (Fsp3) is 0.278. The zero-order valence-corrected chi connectivity index (χ0v) is 14.3. The van der Waals surface area contributed by atoms with Crippen molar-refractivity contribution in [3.8, 4) is 0 Å². The van der Waals surface area contributed by atoms with Gasteiger partial charge in [-0.1, -0.05) is 23.7 Å². The lowest BCUT2D eigenvalue weighted by Gasteiger charge is -2.16. The second-order valence-electron chi connectivity index (χ2n) is 6.22. The van der Waals surface area contributed by atoms with E-state index in [-0.39, 0.29) is 11.6 Å². The van der Waals surface area contributed by atoms with Crippen LogP contribution in [0.5, 0.6) is 0 Å². The number of likely N-dealkylation sites (tertiary alicyclic amines) is 1. The lowest BCUT2D eigenvalue weighted by molar-refractivity contribution is -0.128. The van der Waals surface area contributed by atoms with Gasteiger partial charge in [-0.15, -0.1) is 0 Å². The summed E-state index contributed by atoms with van der Waals surface area (Å²) >= 11 is 6.36. The largest absolute Gasteiger partial charge is 0.337 e. The predicted octanol–water partition coefficient (Wildman–Crippen LogP) is 2.55. The first-order valence-electron chi connectivity index (χ1n) is 8.20. The molecule has 0 bridgehead atoms. The molecule has 6 nitrogen and oxygen atoms in total. The Kier molecular flexibility index (Phi) is 4.05. The van der Waals surface area contributed by atoms with Gasteiger partial charge in [0.2, 0.25) is 5.91 Å². The smallest absolute Gasteiger partial charge is 0.326 e. The van der Waals surface area contributed by atoms with Gasteiger partial charge < -0.3 is 9.88 Å². The number of fused-ring (bicyclic) bond motifs is 1. The summed E-state index contributed by atoms with van der Waals surface area (Å²) in [6, 6.07) is 9.37. The normalized spacial score (nSPS) is 14.6. The number of nitrogens with one attached hydrogen (secondary N) is 1. The number of carbonyl (C=O) groups is 1. The van der Waals surface area contributed by atoms with Crippen LogP contribution in [-0.2, 0) is 17.9 Å². The minimum atomic E-state index is -0.163. The number of carbonyl (C=O) groups excluding carboxylic acids is 1. The molecule has 1 aromatic carbocycles. The molecule has 0 spiro atoms. The van der Waals surface area contributed by atoms with E-state index in [0.717, 1.165) is 29.6 Å². The molecule has 1 N–H and O–H groups in total. The van der Waals surface area contributed by atoms with E-state index in [1.54, 1.807) is 15.7 Å². The Bertz CT molecular complexity index is 1010. The molecule has 4 rings (SSSR count). The van der Waals surface area contributed by atoms with Crippen LogP contribution in [0.4, 0.5) is 0 Å². The van der Waals surface area contributed by atoms with E-state index in [2.05, 4.69) is 9.97 Å². The fourth-order valence-electron chi connectivity index (χ4n) is 3.21. The van der Waals surface area contributed by atoms with Gasteiger partial charge in [0.1, 0.15) is 0 Å². The molecule has 2 aromatic heterocycles. The summed E-state index contributed by atoms with van der Waals surface area (Å²) in [6.07, 6.45) is 3.20. The van der Waals surface area contributed by atoms with Crippen molar-refractivity contribution >= 4 is 28.5 Å². The van der Waals surface area contributed by atoms with Gasteiger partial charge in [0, 0.05) is 19.2 Å². The Balaban J connectivity index is 1.59. The second-order valence-corrected chi connectivity index (χ2v) is 6.63. The summed E-state index contributed by atoms with van der Waals surface area (Å²) in [5.74, 6) is 0.146. The summed E-state index contributed by atoms with van der Waals surface area (Å²) in [5, 5.41) is 0.519. The van der Waals surface area contributed by atoms with Crippen LogP contribution in [0.1, 0.15) is 24.1 Å². The maximum atomic E-state index is 12.2. The number of rotatable bonds is 4. The molecule has 7 heteroatoms. The summed E-state index contributed by atoms with van der Waals surface area (Å²) in [5.41, 5.74) is 3.01. The monoisotopic (exact) mass is 356 g/mol. The van der Waals surface area contributed by atoms with E-state index in [9.17, 15) is 9.59 Å². The molecule has 3 aromatic rings. The molecular weight excluding hydrogens is 340 g/mol. The van der Waals surface area contributed by atoms with E-state index in [0.29, 0.717) is 30.2 Å². The number of aromatic nitrogens is 3. The molecule has 0 radical (unpaired) electrons. The molecule has 1 fully saturated rings. The Hall–Kier alpha value is -2.60. The van der Waals surface area contributed by atoms with Crippen molar-refractivity contribution in [1.29, 1.82) is 0 Å². The molecule has 3 heterocycles. The highest BCUT2D eigenvalue weighted by molar-refractivity contribution is 6.31. The van der Waals surface area contributed by atoms with Gasteiger partial charge >= 0.3 is 5.69 Å². The summed E-state index contributed by atoms with van der Waals surface area (Å²) in [6.45, 7) is 1.58. The van der Waals surface area contributed by atoms with Gasteiger partial charge in [-0.05, 0) is 30.2 Å². The first-order valence-corrected chi connectivity index (χ1v) is 8.58. The molecule has 0 aliphatic carbocycles. The van der Waals surface area contributed by atoms with Gasteiger partial charge in [-0.2, -0.15) is 0 Å². The second kappa shape index (κ2) is 6.37. The Morgan fingerprint density at radius 1 is 1.20 bits per heavy atom. The van der Waals surface area contributed by atoms with Gasteiger partial charge in [-0.3, -0.25) is 14.3 Å². The van der Waals surface area contributed by atoms with Crippen LogP contribution in [0.15, 0.2) is 41.3 Å². The molecule has 128 valence electrons. The first-order chi connectivity index (χ1) is 12.1. The molecule has 25 heavy (non-hydrogen) atoms. The molecule has 0 atom stereocenters. The number of aromatic amines is 1. The molecule has 1 amide bonds. The third-order valence-corrected chi connectivity index (χ3v) is 4.84. The molecule has 0 saturated carbocycles. The Morgan fingerprint density at radius 2 is 2.04 bits per heavy atom. The number of nitrogens with zero attached hydrogens (tertiary/aromatic N) is 3. The van der Waals surface area contributed by atoms with E-state index in [4.69, 9.17) is 11.6 Å². The molecule has 1 saturated heterocycles.